The molecule has 3 nitrogen and oxygen atoms in total. The molecular weight excluding hydrogens is 474 g/mol. The van der Waals surface area contributed by atoms with Gasteiger partial charge in [0, 0.05) is 18.1 Å². The van der Waals surface area contributed by atoms with E-state index in [-0.39, 0.29) is 0 Å². The molecule has 0 radical (unpaired) electrons. The molecule has 0 saturated heterocycles. The fourth-order valence-corrected chi connectivity index (χ4v) is 6.41. The molecule has 0 fully saturated rings. The first-order chi connectivity index (χ1) is 19.4. The first-order valence-electron chi connectivity index (χ1n) is 13.3. The Balaban J connectivity index is 1.74. The summed E-state index contributed by atoms with van der Waals surface area (Å²) in [5, 5.41) is 0. The summed E-state index contributed by atoms with van der Waals surface area (Å²) < 4.78 is 0. The maximum absolute atomic E-state index is 5.18. The number of hydrogen-bond acceptors (Lipinski definition) is 3. The van der Waals surface area contributed by atoms with Gasteiger partial charge >= 0.3 is 0 Å². The predicted octanol–water partition coefficient (Wildman–Crippen LogP) is 7.58. The van der Waals surface area contributed by atoms with Gasteiger partial charge in [-0.15, -0.1) is 0 Å². The highest BCUT2D eigenvalue weighted by atomic mass is 15.3. The Kier molecular flexibility index (Phi) is 5.56. The van der Waals surface area contributed by atoms with Crippen LogP contribution >= 0.6 is 0 Å². The third-order valence-electron chi connectivity index (χ3n) is 7.84. The molecule has 2 heterocycles. The largest absolute Gasteiger partial charge is 0.333 e. The Labute approximate surface area is 229 Å². The predicted molar refractivity (Wildman–Crippen MR) is 156 cm³/mol. The highest BCUT2D eigenvalue weighted by Gasteiger charge is 2.63. The van der Waals surface area contributed by atoms with Crippen LogP contribution in [0.3, 0.4) is 0 Å². The average Bonchev–Trinajstić information content (AvgIpc) is 3.32. The first kappa shape index (κ1) is 23.1. The zero-order chi connectivity index (χ0) is 26.1. The molecule has 1 aromatic heterocycles. The van der Waals surface area contributed by atoms with E-state index in [9.17, 15) is 0 Å². The van der Waals surface area contributed by atoms with Crippen LogP contribution in [0.15, 0.2) is 164 Å². The summed E-state index contributed by atoms with van der Waals surface area (Å²) in [4.78, 5) is 12.9. The van der Waals surface area contributed by atoms with Gasteiger partial charge < -0.3 is 4.90 Å². The summed E-state index contributed by atoms with van der Waals surface area (Å²) >= 11 is 0. The lowest BCUT2D eigenvalue weighted by Crippen LogP contribution is -2.54. The Bertz CT molecular complexity index is 1500. The Morgan fingerprint density at radius 2 is 0.641 bits per heavy atom. The molecule has 0 saturated carbocycles. The molecule has 0 unspecified atom stereocenters. The van der Waals surface area contributed by atoms with Crippen molar-refractivity contribution in [3.63, 3.8) is 0 Å². The summed E-state index contributed by atoms with van der Waals surface area (Å²) in [6.07, 6.45) is 3.66. The van der Waals surface area contributed by atoms with E-state index in [1.807, 2.05) is 12.4 Å². The van der Waals surface area contributed by atoms with Gasteiger partial charge in [0.2, 0.25) is 0 Å². The molecule has 0 atom stereocenters. The van der Waals surface area contributed by atoms with Crippen LogP contribution in [0.4, 0.5) is 5.69 Å². The molecule has 5 aromatic carbocycles. The summed E-state index contributed by atoms with van der Waals surface area (Å²) in [7, 11) is 0. The van der Waals surface area contributed by atoms with Gasteiger partial charge in [0.25, 0.3) is 0 Å². The van der Waals surface area contributed by atoms with Crippen LogP contribution < -0.4 is 4.90 Å². The Hall–Kier alpha value is -5.02. The third-order valence-corrected chi connectivity index (χ3v) is 7.84. The van der Waals surface area contributed by atoms with Gasteiger partial charge in [0.15, 0.2) is 0 Å². The van der Waals surface area contributed by atoms with Crippen molar-refractivity contribution in [1.29, 1.82) is 0 Å². The summed E-state index contributed by atoms with van der Waals surface area (Å²) in [6, 6.07) is 53.6. The minimum Gasteiger partial charge on any atom is -0.333 e. The van der Waals surface area contributed by atoms with Crippen molar-refractivity contribution in [2.75, 3.05) is 4.90 Å². The van der Waals surface area contributed by atoms with Crippen molar-refractivity contribution in [2.45, 2.75) is 11.1 Å². The highest BCUT2D eigenvalue weighted by molar-refractivity contribution is 5.75. The van der Waals surface area contributed by atoms with Crippen molar-refractivity contribution < 1.29 is 0 Å². The maximum atomic E-state index is 5.18. The van der Waals surface area contributed by atoms with E-state index >= 15 is 0 Å². The topological polar surface area (TPSA) is 29.0 Å². The van der Waals surface area contributed by atoms with Gasteiger partial charge in [-0.1, -0.05) is 140 Å². The minimum atomic E-state index is -0.765. The number of benzene rings is 5. The molecule has 0 aliphatic carbocycles. The number of para-hydroxylation sites is 1. The molecule has 186 valence electrons. The van der Waals surface area contributed by atoms with Crippen LogP contribution in [0.5, 0.6) is 0 Å². The number of hydrogen-bond donors (Lipinski definition) is 0. The fourth-order valence-electron chi connectivity index (χ4n) is 6.41. The maximum Gasteiger partial charge on any atom is 0.137 e. The second-order valence-electron chi connectivity index (χ2n) is 9.81. The van der Waals surface area contributed by atoms with Crippen LogP contribution in [-0.4, -0.2) is 9.97 Å². The van der Waals surface area contributed by atoms with E-state index in [4.69, 9.17) is 9.97 Å². The molecule has 1 aliphatic rings. The van der Waals surface area contributed by atoms with Gasteiger partial charge in [-0.2, -0.15) is 0 Å². The lowest BCUT2D eigenvalue weighted by atomic mass is 9.78. The van der Waals surface area contributed by atoms with Crippen molar-refractivity contribution >= 4 is 5.69 Å². The zero-order valence-electron chi connectivity index (χ0n) is 21.4. The van der Waals surface area contributed by atoms with Crippen molar-refractivity contribution in [3.8, 4) is 0 Å². The summed E-state index contributed by atoms with van der Waals surface area (Å²) in [5.41, 5.74) is 5.95. The highest BCUT2D eigenvalue weighted by Crippen LogP contribution is 2.61. The van der Waals surface area contributed by atoms with Crippen LogP contribution in [0, 0.1) is 0 Å². The van der Waals surface area contributed by atoms with Crippen LogP contribution in [0.25, 0.3) is 0 Å². The average molecular weight is 502 g/mol. The van der Waals surface area contributed by atoms with E-state index in [2.05, 4.69) is 157 Å². The standard InChI is InChI=1S/C36H27N3/c1-6-16-28(17-7-1)35(29-18-8-2-9-19-29)33-34(38-27-26-37-33)36(30-20-10-3-11-21-30,31-22-12-4-13-23-31)39(35)32-24-14-5-15-25-32/h1-27H. The Morgan fingerprint density at radius 3 is 0.949 bits per heavy atom. The number of fused-ring (bicyclic) bond motifs is 1. The molecule has 0 amide bonds. The molecule has 0 bridgehead atoms. The third kappa shape index (κ3) is 3.30. The van der Waals surface area contributed by atoms with Crippen molar-refractivity contribution in [3.05, 3.63) is 198 Å². The molecule has 0 N–H and O–H groups in total. The number of aromatic nitrogens is 2. The minimum absolute atomic E-state index is 0.765. The monoisotopic (exact) mass is 501 g/mol. The summed E-state index contributed by atoms with van der Waals surface area (Å²) in [5.74, 6) is 0. The van der Waals surface area contributed by atoms with Crippen molar-refractivity contribution in [1.82, 2.24) is 9.97 Å². The quantitative estimate of drug-likeness (QED) is 0.244. The normalized spacial score (nSPS) is 15.0. The number of nitrogens with zero attached hydrogens (tertiary/aromatic N) is 3. The second-order valence-corrected chi connectivity index (χ2v) is 9.81. The smallest absolute Gasteiger partial charge is 0.137 e. The van der Waals surface area contributed by atoms with E-state index in [1.165, 1.54) is 0 Å². The van der Waals surface area contributed by atoms with Crippen LogP contribution in [-0.2, 0) is 11.1 Å². The Morgan fingerprint density at radius 1 is 0.359 bits per heavy atom. The molecule has 7 rings (SSSR count). The summed E-state index contributed by atoms with van der Waals surface area (Å²) in [6.45, 7) is 0. The molecule has 1 aliphatic heterocycles. The lowest BCUT2D eigenvalue weighted by molar-refractivity contribution is 0.488. The zero-order valence-corrected chi connectivity index (χ0v) is 21.4. The van der Waals surface area contributed by atoms with E-state index in [0.29, 0.717) is 0 Å². The molecule has 3 heteroatoms. The molecular formula is C36H27N3. The fraction of sp³-hybridized carbons (Fsp3) is 0.0556. The van der Waals surface area contributed by atoms with Crippen LogP contribution in [0.1, 0.15) is 33.6 Å². The van der Waals surface area contributed by atoms with Gasteiger partial charge in [-0.05, 0) is 34.4 Å². The second kappa shape index (κ2) is 9.38. The molecule has 39 heavy (non-hydrogen) atoms. The van der Waals surface area contributed by atoms with Crippen molar-refractivity contribution in [2.24, 2.45) is 0 Å². The van der Waals surface area contributed by atoms with Gasteiger partial charge in [0.1, 0.15) is 11.1 Å². The SMILES string of the molecule is c1ccc(N2C(c3ccccc3)(c3ccccc3)c3nccnc3C2(c2ccccc2)c2ccccc2)cc1. The van der Waals surface area contributed by atoms with Crippen LogP contribution in [0.2, 0.25) is 0 Å². The number of anilines is 1. The first-order valence-corrected chi connectivity index (χ1v) is 13.3. The van der Waals surface area contributed by atoms with E-state index < -0.39 is 11.1 Å². The van der Waals surface area contributed by atoms with E-state index in [1.54, 1.807) is 0 Å². The lowest BCUT2D eigenvalue weighted by Gasteiger charge is -2.49. The molecule has 0 spiro atoms. The van der Waals surface area contributed by atoms with E-state index in [0.717, 1.165) is 39.3 Å². The van der Waals surface area contributed by atoms with Gasteiger partial charge in [-0.3, -0.25) is 9.97 Å². The van der Waals surface area contributed by atoms with Gasteiger partial charge in [0.05, 0.1) is 11.4 Å². The number of rotatable bonds is 5. The molecule has 6 aromatic rings. The van der Waals surface area contributed by atoms with Gasteiger partial charge in [-0.25, -0.2) is 0 Å².